The summed E-state index contributed by atoms with van der Waals surface area (Å²) in [5, 5.41) is 11.0. The predicted octanol–water partition coefficient (Wildman–Crippen LogP) is 2.67. The maximum atomic E-state index is 14.7. The van der Waals surface area contributed by atoms with Crippen molar-refractivity contribution in [3.63, 3.8) is 0 Å². The molecule has 3 rings (SSSR count). The van der Waals surface area contributed by atoms with E-state index in [1.807, 2.05) is 6.92 Å². The van der Waals surface area contributed by atoms with E-state index in [9.17, 15) is 9.18 Å². The van der Waals surface area contributed by atoms with Crippen molar-refractivity contribution < 1.29 is 13.9 Å². The third-order valence-corrected chi connectivity index (χ3v) is 5.17. The Balaban J connectivity index is 1.98. The minimum Gasteiger partial charge on any atom is -0.479 e. The highest BCUT2D eigenvalue weighted by molar-refractivity contribution is 5.99. The number of aromatic nitrogens is 4. The second-order valence-corrected chi connectivity index (χ2v) is 7.68. The highest BCUT2D eigenvalue weighted by Crippen LogP contribution is 2.29. The lowest BCUT2D eigenvalue weighted by molar-refractivity contribution is 0.100. The van der Waals surface area contributed by atoms with E-state index in [1.54, 1.807) is 24.0 Å². The van der Waals surface area contributed by atoms with E-state index in [2.05, 4.69) is 32.6 Å². The van der Waals surface area contributed by atoms with Gasteiger partial charge in [-0.15, -0.1) is 5.10 Å². The maximum absolute atomic E-state index is 14.7. The van der Waals surface area contributed by atoms with Gasteiger partial charge >= 0.3 is 0 Å². The summed E-state index contributed by atoms with van der Waals surface area (Å²) < 4.78 is 21.6. The zero-order valence-corrected chi connectivity index (χ0v) is 18.6. The monoisotopic (exact) mass is 444 g/mol. The SMILES string of the molecule is CCCC[C@@H](Nc1nc(Nc2cnc3c(c2)c(OC)nn3C)c(C(N)=O)cc1F)[C@H](C)N. The van der Waals surface area contributed by atoms with Gasteiger partial charge in [0.15, 0.2) is 17.3 Å². The van der Waals surface area contributed by atoms with Gasteiger partial charge in [0, 0.05) is 19.1 Å². The number of pyridine rings is 2. The zero-order chi connectivity index (χ0) is 23.4. The number of aryl methyl sites for hydroxylation is 1. The molecule has 0 aromatic carbocycles. The summed E-state index contributed by atoms with van der Waals surface area (Å²) in [6.45, 7) is 3.92. The molecule has 0 saturated carbocycles. The van der Waals surface area contributed by atoms with Crippen molar-refractivity contribution in [1.82, 2.24) is 19.7 Å². The van der Waals surface area contributed by atoms with Gasteiger partial charge in [0.05, 0.1) is 29.9 Å². The Morgan fingerprint density at radius 1 is 1.34 bits per heavy atom. The number of methoxy groups -OCH3 is 1. The molecule has 0 saturated heterocycles. The largest absolute Gasteiger partial charge is 0.479 e. The summed E-state index contributed by atoms with van der Waals surface area (Å²) in [6, 6.07) is 2.42. The fraction of sp³-hybridized carbons (Fsp3) is 0.429. The van der Waals surface area contributed by atoms with E-state index in [1.165, 1.54) is 7.11 Å². The molecule has 3 heterocycles. The summed E-state index contributed by atoms with van der Waals surface area (Å²) in [5.74, 6) is -1.01. The molecule has 3 aromatic heterocycles. The van der Waals surface area contributed by atoms with Crippen LogP contribution in [0.15, 0.2) is 18.3 Å². The van der Waals surface area contributed by atoms with E-state index >= 15 is 0 Å². The number of nitrogens with zero attached hydrogens (tertiary/aromatic N) is 4. The summed E-state index contributed by atoms with van der Waals surface area (Å²) in [5.41, 5.74) is 12.6. The third-order valence-electron chi connectivity index (χ3n) is 5.17. The molecular formula is C21H29FN8O2. The molecule has 0 unspecified atom stereocenters. The van der Waals surface area contributed by atoms with Crippen molar-refractivity contribution in [3.05, 3.63) is 29.7 Å². The number of hydrogen-bond acceptors (Lipinski definition) is 8. The summed E-state index contributed by atoms with van der Waals surface area (Å²) in [4.78, 5) is 20.6. The van der Waals surface area contributed by atoms with E-state index in [4.69, 9.17) is 16.2 Å². The average Bonchev–Trinajstić information content (AvgIpc) is 3.07. The quantitative estimate of drug-likeness (QED) is 0.373. The molecule has 0 aliphatic rings. The zero-order valence-electron chi connectivity index (χ0n) is 18.6. The van der Waals surface area contributed by atoms with Gasteiger partial charge in [-0.3, -0.25) is 4.79 Å². The molecule has 0 aliphatic carbocycles. The van der Waals surface area contributed by atoms with E-state index in [0.29, 0.717) is 22.6 Å². The number of nitrogens with two attached hydrogens (primary N) is 2. The van der Waals surface area contributed by atoms with Gasteiger partial charge < -0.3 is 26.8 Å². The van der Waals surface area contributed by atoms with Crippen LogP contribution in [0.3, 0.4) is 0 Å². The number of unbranched alkanes of at least 4 members (excludes halogenated alkanes) is 1. The summed E-state index contributed by atoms with van der Waals surface area (Å²) >= 11 is 0. The smallest absolute Gasteiger partial charge is 0.252 e. The van der Waals surface area contributed by atoms with Gasteiger partial charge in [0.2, 0.25) is 5.88 Å². The van der Waals surface area contributed by atoms with E-state index < -0.39 is 11.7 Å². The molecule has 0 radical (unpaired) electrons. The van der Waals surface area contributed by atoms with Crippen LogP contribution in [0.5, 0.6) is 5.88 Å². The lowest BCUT2D eigenvalue weighted by Gasteiger charge is -2.23. The molecule has 11 heteroatoms. The molecular weight excluding hydrogens is 415 g/mol. The fourth-order valence-corrected chi connectivity index (χ4v) is 3.41. The van der Waals surface area contributed by atoms with Gasteiger partial charge in [-0.1, -0.05) is 19.8 Å². The van der Waals surface area contributed by atoms with Crippen LogP contribution in [0.1, 0.15) is 43.5 Å². The fourth-order valence-electron chi connectivity index (χ4n) is 3.41. The van der Waals surface area contributed by atoms with Crippen molar-refractivity contribution in [2.24, 2.45) is 18.5 Å². The molecule has 2 atom stereocenters. The number of anilines is 3. The summed E-state index contributed by atoms with van der Waals surface area (Å²) in [6.07, 6.45) is 4.24. The van der Waals surface area contributed by atoms with Gasteiger partial charge in [-0.05, 0) is 25.5 Å². The normalized spacial score (nSPS) is 13.1. The second kappa shape index (κ2) is 9.77. The highest BCUT2D eigenvalue weighted by atomic mass is 19.1. The van der Waals surface area contributed by atoms with Gasteiger partial charge in [-0.2, -0.15) is 0 Å². The van der Waals surface area contributed by atoms with Crippen molar-refractivity contribution in [1.29, 1.82) is 0 Å². The lowest BCUT2D eigenvalue weighted by atomic mass is 10.0. The van der Waals surface area contributed by atoms with Crippen molar-refractivity contribution >= 4 is 34.3 Å². The number of primary amides is 1. The Morgan fingerprint density at radius 3 is 2.72 bits per heavy atom. The molecule has 0 bridgehead atoms. The molecule has 0 fully saturated rings. The maximum Gasteiger partial charge on any atom is 0.252 e. The van der Waals surface area contributed by atoms with E-state index in [-0.39, 0.29) is 29.3 Å². The number of halogens is 1. The first-order valence-electron chi connectivity index (χ1n) is 10.4. The van der Waals surface area contributed by atoms with Crippen LogP contribution >= 0.6 is 0 Å². The number of nitrogens with one attached hydrogen (secondary N) is 2. The minimum absolute atomic E-state index is 0.0103. The Labute approximate surface area is 185 Å². The predicted molar refractivity (Wildman–Crippen MR) is 122 cm³/mol. The van der Waals surface area contributed by atoms with E-state index in [0.717, 1.165) is 25.3 Å². The molecule has 3 aromatic rings. The topological polar surface area (TPSA) is 146 Å². The van der Waals surface area contributed by atoms with Crippen LogP contribution < -0.4 is 26.8 Å². The minimum atomic E-state index is -0.812. The van der Waals surface area contributed by atoms with Crippen LogP contribution in [0.4, 0.5) is 21.7 Å². The molecule has 1 amide bonds. The second-order valence-electron chi connectivity index (χ2n) is 7.68. The number of carbonyl (C=O) groups is 1. The molecule has 10 nitrogen and oxygen atoms in total. The van der Waals surface area contributed by atoms with Crippen molar-refractivity contribution in [3.8, 4) is 5.88 Å². The lowest BCUT2D eigenvalue weighted by Crippen LogP contribution is -2.38. The Bertz CT molecular complexity index is 1110. The average molecular weight is 445 g/mol. The van der Waals surface area contributed by atoms with Crippen molar-refractivity contribution in [2.75, 3.05) is 17.7 Å². The molecule has 32 heavy (non-hydrogen) atoms. The first-order chi connectivity index (χ1) is 15.2. The number of ether oxygens (including phenoxy) is 1. The van der Waals surface area contributed by atoms with Crippen LogP contribution in [0.2, 0.25) is 0 Å². The first-order valence-corrected chi connectivity index (χ1v) is 10.4. The van der Waals surface area contributed by atoms with Crippen LogP contribution in [0, 0.1) is 5.82 Å². The first kappa shape index (κ1) is 23.2. The summed E-state index contributed by atoms with van der Waals surface area (Å²) in [7, 11) is 3.27. The number of carbonyl (C=O) groups excluding carboxylic acids is 1. The van der Waals surface area contributed by atoms with Gasteiger partial charge in [-0.25, -0.2) is 19.0 Å². The van der Waals surface area contributed by atoms with Crippen LogP contribution in [0.25, 0.3) is 11.0 Å². The Morgan fingerprint density at radius 2 is 2.09 bits per heavy atom. The van der Waals surface area contributed by atoms with Crippen LogP contribution in [-0.2, 0) is 7.05 Å². The Kier molecular flexibility index (Phi) is 7.08. The number of amides is 1. The number of fused-ring (bicyclic) bond motifs is 1. The molecule has 6 N–H and O–H groups in total. The number of hydrogen-bond donors (Lipinski definition) is 4. The van der Waals surface area contributed by atoms with Gasteiger partial charge in [0.25, 0.3) is 5.91 Å². The van der Waals surface area contributed by atoms with Crippen LogP contribution in [-0.4, -0.2) is 44.8 Å². The molecule has 0 aliphatic heterocycles. The standard InChI is InChI=1S/C21H29FN8O2/c1-5-6-7-16(11(2)23)27-19-15(22)9-13(17(24)31)18(28-19)26-12-8-14-20(25-10-12)30(3)29-21(14)32-4/h8-11,16H,5-7,23H2,1-4H3,(H2,24,31)(H2,26,27,28)/t11-,16+/m0/s1. The Hall–Kier alpha value is -3.47. The van der Waals surface area contributed by atoms with Gasteiger partial charge in [0.1, 0.15) is 5.82 Å². The molecule has 172 valence electrons. The third kappa shape index (κ3) is 4.88. The number of rotatable bonds is 10. The highest BCUT2D eigenvalue weighted by Gasteiger charge is 2.21. The van der Waals surface area contributed by atoms with Crippen molar-refractivity contribution in [2.45, 2.75) is 45.2 Å². The molecule has 0 spiro atoms.